The molecule has 0 aromatic carbocycles. The highest BCUT2D eigenvalue weighted by molar-refractivity contribution is 5.19. The number of aromatic nitrogens is 1. The van der Waals surface area contributed by atoms with Gasteiger partial charge in [-0.2, -0.15) is 0 Å². The van der Waals surface area contributed by atoms with Gasteiger partial charge < -0.3 is 14.8 Å². The van der Waals surface area contributed by atoms with Gasteiger partial charge >= 0.3 is 0 Å². The smallest absolute Gasteiger partial charge is 0.213 e. The van der Waals surface area contributed by atoms with Gasteiger partial charge in [-0.1, -0.05) is 0 Å². The first-order valence-electron chi connectivity index (χ1n) is 4.70. The van der Waals surface area contributed by atoms with Crippen molar-refractivity contribution < 1.29 is 9.47 Å². The van der Waals surface area contributed by atoms with Crippen LogP contribution in [0.2, 0.25) is 0 Å². The van der Waals surface area contributed by atoms with Crippen LogP contribution < -0.4 is 10.1 Å². The molecule has 0 spiro atoms. The van der Waals surface area contributed by atoms with E-state index in [1.165, 1.54) is 0 Å². The van der Waals surface area contributed by atoms with Gasteiger partial charge in [-0.25, -0.2) is 4.98 Å². The fourth-order valence-electron chi connectivity index (χ4n) is 1.25. The lowest BCUT2D eigenvalue weighted by molar-refractivity contribution is 0.00748. The lowest BCUT2D eigenvalue weighted by atomic mass is 10.2. The lowest BCUT2D eigenvalue weighted by Crippen LogP contribution is -2.48. The summed E-state index contributed by atoms with van der Waals surface area (Å²) in [6.07, 6.45) is 2.10. The van der Waals surface area contributed by atoms with Gasteiger partial charge in [-0.15, -0.1) is 0 Å². The fourth-order valence-corrected chi connectivity index (χ4v) is 1.25. The summed E-state index contributed by atoms with van der Waals surface area (Å²) in [7, 11) is 1.61. The summed E-state index contributed by atoms with van der Waals surface area (Å²) in [5.74, 6) is 0.637. The number of ether oxygens (including phenoxy) is 2. The first-order chi connectivity index (χ1) is 6.88. The van der Waals surface area contributed by atoms with E-state index in [1.54, 1.807) is 13.3 Å². The van der Waals surface area contributed by atoms with E-state index in [-0.39, 0.29) is 0 Å². The Labute approximate surface area is 83.2 Å². The van der Waals surface area contributed by atoms with Crippen LogP contribution in [0.5, 0.6) is 5.88 Å². The van der Waals surface area contributed by atoms with Crippen molar-refractivity contribution in [3.63, 3.8) is 0 Å². The zero-order valence-corrected chi connectivity index (χ0v) is 8.19. The van der Waals surface area contributed by atoms with Gasteiger partial charge in [0.25, 0.3) is 0 Å². The van der Waals surface area contributed by atoms with Gasteiger partial charge in [-0.3, -0.25) is 0 Å². The second kappa shape index (κ2) is 4.39. The monoisotopic (exact) mass is 194 g/mol. The van der Waals surface area contributed by atoms with Crippen molar-refractivity contribution in [3.05, 3.63) is 23.9 Å². The average Bonchev–Trinajstić information content (AvgIpc) is 2.16. The molecule has 0 saturated carbocycles. The molecule has 0 bridgehead atoms. The molecule has 1 aliphatic heterocycles. The minimum atomic E-state index is 0.370. The highest BCUT2D eigenvalue weighted by Crippen LogP contribution is 2.11. The molecule has 1 fully saturated rings. The molecule has 14 heavy (non-hydrogen) atoms. The molecular weight excluding hydrogens is 180 g/mol. The second-order valence-electron chi connectivity index (χ2n) is 3.30. The molecule has 4 nitrogen and oxygen atoms in total. The van der Waals surface area contributed by atoms with Crippen LogP contribution in [0, 0.1) is 0 Å². The Hall–Kier alpha value is -1.13. The van der Waals surface area contributed by atoms with E-state index < -0.39 is 0 Å². The predicted molar refractivity (Wildman–Crippen MR) is 52.2 cm³/mol. The Morgan fingerprint density at radius 3 is 3.07 bits per heavy atom. The molecule has 1 aromatic rings. The van der Waals surface area contributed by atoms with Crippen molar-refractivity contribution in [1.29, 1.82) is 0 Å². The van der Waals surface area contributed by atoms with Crippen molar-refractivity contribution >= 4 is 0 Å². The minimum Gasteiger partial charge on any atom is -0.481 e. The maximum absolute atomic E-state index is 5.62. The van der Waals surface area contributed by atoms with E-state index in [9.17, 15) is 0 Å². The molecule has 4 heteroatoms. The first kappa shape index (κ1) is 9.43. The summed E-state index contributed by atoms with van der Waals surface area (Å²) < 4.78 is 10.6. The summed E-state index contributed by atoms with van der Waals surface area (Å²) in [6, 6.07) is 3.83. The van der Waals surface area contributed by atoms with Crippen LogP contribution in [0.4, 0.5) is 0 Å². The molecule has 76 valence electrons. The van der Waals surface area contributed by atoms with E-state index in [2.05, 4.69) is 10.3 Å². The van der Waals surface area contributed by atoms with Crippen LogP contribution in [0.15, 0.2) is 18.3 Å². The molecule has 1 aliphatic rings. The average molecular weight is 194 g/mol. The Balaban J connectivity index is 1.87. The number of nitrogens with one attached hydrogen (secondary N) is 1. The van der Waals surface area contributed by atoms with Crippen molar-refractivity contribution in [2.45, 2.75) is 12.7 Å². The Bertz CT molecular complexity index is 300. The summed E-state index contributed by atoms with van der Waals surface area (Å²) in [4.78, 5) is 4.03. The van der Waals surface area contributed by atoms with Crippen LogP contribution in [-0.4, -0.2) is 31.3 Å². The van der Waals surface area contributed by atoms with Crippen LogP contribution in [-0.2, 0) is 11.3 Å². The Morgan fingerprint density at radius 1 is 1.57 bits per heavy atom. The van der Waals surface area contributed by atoms with E-state index in [0.29, 0.717) is 18.6 Å². The standard InChI is InChI=1S/C10H14N2O2/c1-13-10-4-8(2-3-12-10)7-14-9-5-11-6-9/h2-4,9,11H,5-7H2,1H3. The van der Waals surface area contributed by atoms with Crippen molar-refractivity contribution in [1.82, 2.24) is 10.3 Å². The molecule has 1 saturated heterocycles. The van der Waals surface area contributed by atoms with Gasteiger partial charge in [0.05, 0.1) is 19.8 Å². The lowest BCUT2D eigenvalue weighted by Gasteiger charge is -2.27. The minimum absolute atomic E-state index is 0.370. The zero-order valence-electron chi connectivity index (χ0n) is 8.19. The van der Waals surface area contributed by atoms with Gasteiger partial charge in [-0.05, 0) is 11.6 Å². The number of hydrogen-bond acceptors (Lipinski definition) is 4. The maximum atomic E-state index is 5.62. The Morgan fingerprint density at radius 2 is 2.43 bits per heavy atom. The number of pyridine rings is 1. The summed E-state index contributed by atoms with van der Waals surface area (Å²) in [5.41, 5.74) is 1.10. The van der Waals surface area contributed by atoms with Gasteiger partial charge in [0, 0.05) is 25.4 Å². The zero-order chi connectivity index (χ0) is 9.80. The van der Waals surface area contributed by atoms with E-state index >= 15 is 0 Å². The van der Waals surface area contributed by atoms with Crippen molar-refractivity contribution in [3.8, 4) is 5.88 Å². The molecule has 0 unspecified atom stereocenters. The Kier molecular flexibility index (Phi) is 2.96. The summed E-state index contributed by atoms with van der Waals surface area (Å²) in [6.45, 7) is 2.55. The third-order valence-corrected chi connectivity index (χ3v) is 2.24. The highest BCUT2D eigenvalue weighted by Gasteiger charge is 2.16. The molecule has 0 radical (unpaired) electrons. The number of rotatable bonds is 4. The van der Waals surface area contributed by atoms with Gasteiger partial charge in [0.2, 0.25) is 5.88 Å². The maximum Gasteiger partial charge on any atom is 0.213 e. The largest absolute Gasteiger partial charge is 0.481 e. The third-order valence-electron chi connectivity index (χ3n) is 2.24. The number of methoxy groups -OCH3 is 1. The van der Waals surface area contributed by atoms with E-state index in [1.807, 2.05) is 12.1 Å². The van der Waals surface area contributed by atoms with E-state index in [0.717, 1.165) is 18.7 Å². The van der Waals surface area contributed by atoms with Crippen LogP contribution in [0.25, 0.3) is 0 Å². The highest BCUT2D eigenvalue weighted by atomic mass is 16.5. The third kappa shape index (κ3) is 2.21. The number of hydrogen-bond donors (Lipinski definition) is 1. The molecule has 2 heterocycles. The quantitative estimate of drug-likeness (QED) is 0.761. The normalized spacial score (nSPS) is 16.4. The summed E-state index contributed by atoms with van der Waals surface area (Å²) >= 11 is 0. The fraction of sp³-hybridized carbons (Fsp3) is 0.500. The van der Waals surface area contributed by atoms with Crippen LogP contribution >= 0.6 is 0 Å². The SMILES string of the molecule is COc1cc(COC2CNC2)ccn1. The first-order valence-corrected chi connectivity index (χ1v) is 4.70. The molecule has 1 aromatic heterocycles. The molecule has 0 atom stereocenters. The topological polar surface area (TPSA) is 43.4 Å². The molecule has 0 aliphatic carbocycles. The second-order valence-corrected chi connectivity index (χ2v) is 3.30. The van der Waals surface area contributed by atoms with Crippen LogP contribution in [0.1, 0.15) is 5.56 Å². The molecule has 0 amide bonds. The van der Waals surface area contributed by atoms with Gasteiger partial charge in [0.15, 0.2) is 0 Å². The summed E-state index contributed by atoms with van der Waals surface area (Å²) in [5, 5.41) is 3.16. The van der Waals surface area contributed by atoms with Crippen molar-refractivity contribution in [2.75, 3.05) is 20.2 Å². The van der Waals surface area contributed by atoms with Gasteiger partial charge in [0.1, 0.15) is 0 Å². The van der Waals surface area contributed by atoms with Crippen molar-refractivity contribution in [2.24, 2.45) is 0 Å². The predicted octanol–water partition coefficient (Wildman–Crippen LogP) is 0.579. The molecule has 2 rings (SSSR count). The number of nitrogens with zero attached hydrogens (tertiary/aromatic N) is 1. The van der Waals surface area contributed by atoms with Crippen LogP contribution in [0.3, 0.4) is 0 Å². The molecular formula is C10H14N2O2. The van der Waals surface area contributed by atoms with E-state index in [4.69, 9.17) is 9.47 Å². The molecule has 1 N–H and O–H groups in total.